The van der Waals surface area contributed by atoms with Crippen LogP contribution in [0.2, 0.25) is 0 Å². The molecule has 45 heavy (non-hydrogen) atoms. The van der Waals surface area contributed by atoms with Crippen LogP contribution in [0.15, 0.2) is 30.5 Å². The first-order valence-electron chi connectivity index (χ1n) is 15.7. The lowest BCUT2D eigenvalue weighted by Gasteiger charge is -2.42. The van der Waals surface area contributed by atoms with Gasteiger partial charge in [-0.1, -0.05) is 13.0 Å². The summed E-state index contributed by atoms with van der Waals surface area (Å²) >= 11 is 0. The zero-order valence-electron chi connectivity index (χ0n) is 25.0. The van der Waals surface area contributed by atoms with Gasteiger partial charge in [-0.2, -0.15) is 9.97 Å². The highest BCUT2D eigenvalue weighted by Crippen LogP contribution is 2.42. The largest absolute Gasteiger partial charge is 0.508 e. The van der Waals surface area contributed by atoms with Crippen molar-refractivity contribution in [3.8, 4) is 23.0 Å². The van der Waals surface area contributed by atoms with Gasteiger partial charge in [-0.3, -0.25) is 9.88 Å². The molecule has 9 nitrogen and oxygen atoms in total. The molecule has 236 valence electrons. The average Bonchev–Trinajstić information content (AvgIpc) is 3.55. The van der Waals surface area contributed by atoms with Crippen molar-refractivity contribution in [1.82, 2.24) is 25.2 Å². The highest BCUT2D eigenvalue weighted by molar-refractivity contribution is 6.01. The van der Waals surface area contributed by atoms with Gasteiger partial charge >= 0.3 is 6.01 Å². The quantitative estimate of drug-likeness (QED) is 0.323. The molecule has 0 amide bonds. The van der Waals surface area contributed by atoms with Crippen LogP contribution in [0.1, 0.15) is 31.7 Å². The molecule has 12 heteroatoms. The molecule has 4 aliphatic heterocycles. The van der Waals surface area contributed by atoms with E-state index in [1.54, 1.807) is 12.3 Å². The Morgan fingerprint density at radius 2 is 1.96 bits per heavy atom. The number of aromatic nitrogens is 3. The number of ether oxygens (including phenoxy) is 2. The fourth-order valence-electron chi connectivity index (χ4n) is 7.97. The molecule has 0 spiro atoms. The zero-order chi connectivity index (χ0) is 30.9. The predicted octanol–water partition coefficient (Wildman–Crippen LogP) is 4.52. The highest BCUT2D eigenvalue weighted by Gasteiger charge is 2.49. The number of benzene rings is 2. The smallest absolute Gasteiger partial charge is 0.319 e. The second-order valence-electron chi connectivity index (χ2n) is 12.9. The second-order valence-corrected chi connectivity index (χ2v) is 12.9. The van der Waals surface area contributed by atoms with Crippen molar-refractivity contribution in [3.05, 3.63) is 47.7 Å². The summed E-state index contributed by atoms with van der Waals surface area (Å²) < 4.78 is 58.2. The van der Waals surface area contributed by atoms with Crippen molar-refractivity contribution in [2.24, 2.45) is 0 Å². The topological polar surface area (TPSA) is 95.9 Å². The lowest BCUT2D eigenvalue weighted by Crippen LogP contribution is -2.63. The number of nitrogens with zero attached hydrogens (tertiary/aromatic N) is 5. The van der Waals surface area contributed by atoms with Crippen molar-refractivity contribution in [2.45, 2.75) is 56.4 Å². The normalized spacial score (nSPS) is 26.6. The third kappa shape index (κ3) is 4.85. The van der Waals surface area contributed by atoms with Crippen LogP contribution in [-0.4, -0.2) is 94.8 Å². The van der Waals surface area contributed by atoms with Crippen LogP contribution < -0.4 is 15.0 Å². The van der Waals surface area contributed by atoms with Crippen LogP contribution in [0.25, 0.3) is 32.9 Å². The van der Waals surface area contributed by atoms with Gasteiger partial charge in [-0.15, -0.1) is 0 Å². The van der Waals surface area contributed by atoms with Crippen molar-refractivity contribution in [1.29, 1.82) is 0 Å². The van der Waals surface area contributed by atoms with E-state index in [1.807, 2.05) is 6.92 Å². The molecule has 2 aromatic carbocycles. The van der Waals surface area contributed by atoms with Gasteiger partial charge in [0.05, 0.1) is 24.1 Å². The Bertz CT molecular complexity index is 1800. The van der Waals surface area contributed by atoms with E-state index in [-0.39, 0.29) is 47.2 Å². The van der Waals surface area contributed by atoms with E-state index in [4.69, 9.17) is 14.5 Å². The van der Waals surface area contributed by atoms with Crippen LogP contribution in [0.3, 0.4) is 0 Å². The third-order valence-corrected chi connectivity index (χ3v) is 9.93. The number of hydrogen-bond donors (Lipinski definition) is 2. The number of alkyl halides is 1. The van der Waals surface area contributed by atoms with Crippen LogP contribution in [0.5, 0.6) is 11.8 Å². The van der Waals surface area contributed by atoms with Gasteiger partial charge in [-0.25, -0.2) is 13.2 Å². The van der Waals surface area contributed by atoms with Crippen LogP contribution >= 0.6 is 0 Å². The van der Waals surface area contributed by atoms with E-state index in [1.165, 1.54) is 18.2 Å². The standard InChI is InChI=1S/C33H35F3N6O3/c1-2-23-26(35)5-4-18-8-22(43)9-24(27(18)23)29-28(36)30-25(11-37-29)31(41-13-20-15-44-16-21(14-41)38-20)40-32(39-30)45-17-33-6-3-7-42(33)12-19(34)10-33/h4-5,8-9,11,19-21,38,43H,2-3,6-7,10,12-17H2,1H3/t19-,20?,21?,33+/m1/s1. The summed E-state index contributed by atoms with van der Waals surface area (Å²) in [6, 6.07) is 6.04. The Morgan fingerprint density at radius 1 is 1.13 bits per heavy atom. The number of rotatable bonds is 6. The molecule has 2 N–H and O–H groups in total. The monoisotopic (exact) mass is 620 g/mol. The Labute approximate surface area is 258 Å². The lowest BCUT2D eigenvalue weighted by molar-refractivity contribution is 0.0374. The number of aryl methyl sites for hydroxylation is 1. The molecule has 4 fully saturated rings. The van der Waals surface area contributed by atoms with Crippen molar-refractivity contribution in [2.75, 3.05) is 50.9 Å². The summed E-state index contributed by atoms with van der Waals surface area (Å²) in [6.07, 6.45) is 3.17. The Hall–Kier alpha value is -3.74. The highest BCUT2D eigenvalue weighted by atomic mass is 19.1. The summed E-state index contributed by atoms with van der Waals surface area (Å²) in [5, 5.41) is 15.6. The van der Waals surface area contributed by atoms with Gasteiger partial charge in [0.25, 0.3) is 0 Å². The van der Waals surface area contributed by atoms with E-state index in [9.17, 15) is 13.9 Å². The summed E-state index contributed by atoms with van der Waals surface area (Å²) in [7, 11) is 0. The molecule has 4 aromatic rings. The Morgan fingerprint density at radius 3 is 2.76 bits per heavy atom. The molecule has 0 aliphatic carbocycles. The minimum Gasteiger partial charge on any atom is -0.508 e. The number of fused-ring (bicyclic) bond motifs is 5. The number of phenolic OH excluding ortho intramolecular Hbond substituents is 1. The van der Waals surface area contributed by atoms with Crippen LogP contribution in [0, 0.1) is 11.6 Å². The summed E-state index contributed by atoms with van der Waals surface area (Å²) in [6.45, 7) is 5.53. The number of piperazine rings is 1. The van der Waals surface area contributed by atoms with Crippen LogP contribution in [0.4, 0.5) is 19.0 Å². The van der Waals surface area contributed by atoms with Gasteiger partial charge in [0.15, 0.2) is 5.82 Å². The second kappa shape index (κ2) is 11.0. The van der Waals surface area contributed by atoms with Gasteiger partial charge in [0.2, 0.25) is 0 Å². The minimum atomic E-state index is -0.912. The molecule has 2 bridgehead atoms. The molecule has 0 saturated carbocycles. The first-order valence-corrected chi connectivity index (χ1v) is 15.7. The van der Waals surface area contributed by atoms with Crippen LogP contribution in [-0.2, 0) is 11.2 Å². The van der Waals surface area contributed by atoms with Gasteiger partial charge < -0.3 is 24.8 Å². The molecule has 8 rings (SSSR count). The van der Waals surface area contributed by atoms with E-state index in [0.717, 1.165) is 19.4 Å². The van der Waals surface area contributed by atoms with Gasteiger partial charge in [0.1, 0.15) is 41.4 Å². The number of nitrogens with one attached hydrogen (secondary N) is 1. The van der Waals surface area contributed by atoms with Crippen molar-refractivity contribution >= 4 is 27.5 Å². The molecule has 0 radical (unpaired) electrons. The first kappa shape index (κ1) is 28.7. The predicted molar refractivity (Wildman–Crippen MR) is 164 cm³/mol. The number of morpholine rings is 1. The van der Waals surface area contributed by atoms with Gasteiger partial charge in [0, 0.05) is 49.9 Å². The zero-order valence-corrected chi connectivity index (χ0v) is 25.0. The molecular weight excluding hydrogens is 585 g/mol. The minimum absolute atomic E-state index is 0.0121. The van der Waals surface area contributed by atoms with Crippen molar-refractivity contribution < 1.29 is 27.8 Å². The summed E-state index contributed by atoms with van der Waals surface area (Å²) in [5.41, 5.74) is 0.221. The molecule has 4 saturated heterocycles. The molecule has 6 heterocycles. The third-order valence-electron chi connectivity index (χ3n) is 9.93. The molecule has 2 unspecified atom stereocenters. The Balaban J connectivity index is 1.27. The number of pyridine rings is 1. The average molecular weight is 621 g/mol. The van der Waals surface area contributed by atoms with E-state index < -0.39 is 23.3 Å². The maximum absolute atomic E-state index is 16.8. The van der Waals surface area contributed by atoms with E-state index >= 15 is 4.39 Å². The van der Waals surface area contributed by atoms with Crippen molar-refractivity contribution in [3.63, 3.8) is 0 Å². The number of hydrogen-bond acceptors (Lipinski definition) is 9. The fraction of sp³-hybridized carbons (Fsp3) is 0.485. The maximum atomic E-state index is 16.8. The number of anilines is 1. The number of aromatic hydroxyl groups is 1. The summed E-state index contributed by atoms with van der Waals surface area (Å²) in [4.78, 5) is 18.2. The lowest BCUT2D eigenvalue weighted by atomic mass is 9.94. The summed E-state index contributed by atoms with van der Waals surface area (Å²) in [5.74, 6) is -0.710. The number of halogens is 3. The number of phenols is 1. The molecule has 2 aromatic heterocycles. The SMILES string of the molecule is CCc1c(F)ccc2cc(O)cc(-c3ncc4c(N5CC6COCC(C5)N6)nc(OC[C@@]56CCCN5C[C@H](F)C6)nc4c3F)c12. The molecular formula is C33H35F3N6O3. The Kier molecular flexibility index (Phi) is 6.99. The van der Waals surface area contributed by atoms with E-state index in [2.05, 4.69) is 25.1 Å². The fourth-order valence-corrected chi connectivity index (χ4v) is 7.97. The van der Waals surface area contributed by atoms with E-state index in [0.29, 0.717) is 73.2 Å². The molecule has 4 atom stereocenters. The molecule has 4 aliphatic rings. The van der Waals surface area contributed by atoms with Gasteiger partial charge in [-0.05, 0) is 60.3 Å². The first-order chi connectivity index (χ1) is 21.8. The maximum Gasteiger partial charge on any atom is 0.319 e.